The number of aromatic hydroxyl groups is 1. The number of ether oxygens (including phenoxy) is 1. The lowest BCUT2D eigenvalue weighted by molar-refractivity contribution is -0.132. The van der Waals surface area contributed by atoms with E-state index in [0.717, 1.165) is 17.5 Å². The Morgan fingerprint density at radius 2 is 1.75 bits per heavy atom. The molecule has 24 heavy (non-hydrogen) atoms. The van der Waals surface area contributed by atoms with Gasteiger partial charge in [0, 0.05) is 6.92 Å². The van der Waals surface area contributed by atoms with Crippen LogP contribution in [0.5, 0.6) is 11.5 Å². The van der Waals surface area contributed by atoms with Crippen molar-refractivity contribution < 1.29 is 23.4 Å². The molecule has 2 rings (SSSR count). The lowest BCUT2D eigenvalue weighted by Crippen LogP contribution is -2.09. The second-order valence-electron chi connectivity index (χ2n) is 5.80. The van der Waals surface area contributed by atoms with Crippen molar-refractivity contribution in [1.82, 2.24) is 0 Å². The zero-order valence-electron chi connectivity index (χ0n) is 13.8. The van der Waals surface area contributed by atoms with Crippen LogP contribution in [0.25, 0.3) is 0 Å². The molecule has 0 unspecified atom stereocenters. The maximum Gasteiger partial charge on any atom is 0.308 e. The zero-order valence-corrected chi connectivity index (χ0v) is 13.8. The number of hydrogen-bond acceptors (Lipinski definition) is 3. The van der Waals surface area contributed by atoms with E-state index in [2.05, 4.69) is 0 Å². The molecular weight excluding hydrogens is 314 g/mol. The van der Waals surface area contributed by atoms with Crippen LogP contribution in [0, 0.1) is 11.6 Å². The van der Waals surface area contributed by atoms with Crippen molar-refractivity contribution in [3.05, 3.63) is 59.2 Å². The number of phenolic OH excluding ortho intramolecular Hbond substituents is 1. The highest BCUT2D eigenvalue weighted by molar-refractivity contribution is 5.69. The lowest BCUT2D eigenvalue weighted by Gasteiger charge is -2.24. The number of halogens is 2. The van der Waals surface area contributed by atoms with Crippen LogP contribution in [0.4, 0.5) is 8.78 Å². The zero-order chi connectivity index (χ0) is 17.9. The minimum atomic E-state index is -0.675. The molecule has 2 atom stereocenters. The molecule has 0 heterocycles. The number of esters is 1. The van der Waals surface area contributed by atoms with E-state index >= 15 is 0 Å². The van der Waals surface area contributed by atoms with Gasteiger partial charge < -0.3 is 9.84 Å². The molecule has 0 aliphatic rings. The SMILES string of the molecule is CC[C@@H](c1ccc(OC(C)=O)c(F)c1)[C@H](C)c1ccc(O)c(F)c1. The highest BCUT2D eigenvalue weighted by Gasteiger charge is 2.22. The molecule has 5 heteroatoms. The Labute approximate surface area is 139 Å². The average Bonchev–Trinajstić information content (AvgIpc) is 2.52. The van der Waals surface area contributed by atoms with Crippen LogP contribution < -0.4 is 4.74 Å². The van der Waals surface area contributed by atoms with E-state index in [4.69, 9.17) is 4.74 Å². The summed E-state index contributed by atoms with van der Waals surface area (Å²) in [5.74, 6) is -2.49. The third kappa shape index (κ3) is 3.91. The summed E-state index contributed by atoms with van der Waals surface area (Å²) in [6.45, 7) is 5.11. The first kappa shape index (κ1) is 17.9. The van der Waals surface area contributed by atoms with Crippen LogP contribution in [-0.4, -0.2) is 11.1 Å². The molecule has 0 aliphatic carbocycles. The van der Waals surface area contributed by atoms with Crippen LogP contribution in [0.15, 0.2) is 36.4 Å². The summed E-state index contributed by atoms with van der Waals surface area (Å²) in [4.78, 5) is 10.9. The first-order valence-corrected chi connectivity index (χ1v) is 7.79. The molecule has 0 saturated carbocycles. The Kier molecular flexibility index (Phi) is 5.54. The average molecular weight is 334 g/mol. The third-order valence-corrected chi connectivity index (χ3v) is 4.18. The van der Waals surface area contributed by atoms with Crippen molar-refractivity contribution in [2.75, 3.05) is 0 Å². The van der Waals surface area contributed by atoms with Crippen molar-refractivity contribution in [3.8, 4) is 11.5 Å². The van der Waals surface area contributed by atoms with Gasteiger partial charge in [-0.3, -0.25) is 4.79 Å². The van der Waals surface area contributed by atoms with Gasteiger partial charge in [0.05, 0.1) is 0 Å². The largest absolute Gasteiger partial charge is 0.505 e. The molecule has 0 fully saturated rings. The Balaban J connectivity index is 2.31. The molecule has 128 valence electrons. The minimum Gasteiger partial charge on any atom is -0.505 e. The van der Waals surface area contributed by atoms with Crippen LogP contribution in [0.2, 0.25) is 0 Å². The molecule has 0 bridgehead atoms. The van der Waals surface area contributed by atoms with Gasteiger partial charge in [-0.05, 0) is 53.6 Å². The quantitative estimate of drug-likeness (QED) is 0.625. The number of hydrogen-bond donors (Lipinski definition) is 1. The molecule has 1 N–H and O–H groups in total. The molecule has 0 spiro atoms. The fourth-order valence-electron chi connectivity index (χ4n) is 2.90. The molecule has 0 radical (unpaired) electrons. The van der Waals surface area contributed by atoms with Crippen LogP contribution >= 0.6 is 0 Å². The fraction of sp³-hybridized carbons (Fsp3) is 0.316. The van der Waals surface area contributed by atoms with Gasteiger partial charge in [-0.25, -0.2) is 8.78 Å². The molecule has 0 aromatic heterocycles. The Morgan fingerprint density at radius 3 is 2.29 bits per heavy atom. The van der Waals surface area contributed by atoms with E-state index in [1.165, 1.54) is 31.2 Å². The minimum absolute atomic E-state index is 0.0465. The maximum atomic E-state index is 14.1. The van der Waals surface area contributed by atoms with Gasteiger partial charge in [0.1, 0.15) is 0 Å². The Morgan fingerprint density at radius 1 is 1.12 bits per heavy atom. The van der Waals surface area contributed by atoms with Gasteiger partial charge in [-0.1, -0.05) is 26.0 Å². The van der Waals surface area contributed by atoms with Gasteiger partial charge in [-0.15, -0.1) is 0 Å². The second kappa shape index (κ2) is 7.43. The summed E-state index contributed by atoms with van der Waals surface area (Å²) in [7, 11) is 0. The number of carbonyl (C=O) groups is 1. The lowest BCUT2D eigenvalue weighted by atomic mass is 9.81. The van der Waals surface area contributed by atoms with Gasteiger partial charge in [0.25, 0.3) is 0 Å². The predicted molar refractivity (Wildman–Crippen MR) is 87.2 cm³/mol. The first-order chi connectivity index (χ1) is 11.3. The molecule has 0 amide bonds. The highest BCUT2D eigenvalue weighted by Crippen LogP contribution is 2.37. The first-order valence-electron chi connectivity index (χ1n) is 7.79. The van der Waals surface area contributed by atoms with E-state index < -0.39 is 23.4 Å². The monoisotopic (exact) mass is 334 g/mol. The summed E-state index contributed by atoms with van der Waals surface area (Å²) in [6, 6.07) is 8.77. The van der Waals surface area contributed by atoms with Crippen molar-refractivity contribution in [1.29, 1.82) is 0 Å². The fourth-order valence-corrected chi connectivity index (χ4v) is 2.90. The van der Waals surface area contributed by atoms with Crippen molar-refractivity contribution >= 4 is 5.97 Å². The summed E-state index contributed by atoms with van der Waals surface area (Å²) in [6.07, 6.45) is 0.718. The number of phenols is 1. The summed E-state index contributed by atoms with van der Waals surface area (Å²) < 4.78 is 32.5. The molecular formula is C19H20F2O3. The van der Waals surface area contributed by atoms with Crippen LogP contribution in [-0.2, 0) is 4.79 Å². The topological polar surface area (TPSA) is 46.5 Å². The number of benzene rings is 2. The molecule has 0 aliphatic heterocycles. The van der Waals surface area contributed by atoms with E-state index in [-0.39, 0.29) is 17.6 Å². The molecule has 0 saturated heterocycles. The molecule has 3 nitrogen and oxygen atoms in total. The highest BCUT2D eigenvalue weighted by atomic mass is 19.1. The predicted octanol–water partition coefficient (Wildman–Crippen LogP) is 4.89. The van der Waals surface area contributed by atoms with E-state index in [9.17, 15) is 18.7 Å². The maximum absolute atomic E-state index is 14.1. The summed E-state index contributed by atoms with van der Waals surface area (Å²) in [5.41, 5.74) is 1.47. The smallest absolute Gasteiger partial charge is 0.308 e. The molecule has 2 aromatic rings. The van der Waals surface area contributed by atoms with E-state index in [0.29, 0.717) is 0 Å². The van der Waals surface area contributed by atoms with Gasteiger partial charge in [0.15, 0.2) is 23.1 Å². The standard InChI is InChI=1S/C19H20F2O3/c1-4-15(11(2)13-5-7-18(23)16(20)9-13)14-6-8-19(17(21)10-14)24-12(3)22/h5-11,15,23H,4H2,1-3H3/t11-,15-/m1/s1. The number of rotatable bonds is 5. The van der Waals surface area contributed by atoms with Crippen molar-refractivity contribution in [2.24, 2.45) is 0 Å². The van der Waals surface area contributed by atoms with Crippen molar-refractivity contribution in [3.63, 3.8) is 0 Å². The van der Waals surface area contributed by atoms with Crippen LogP contribution in [0.3, 0.4) is 0 Å². The van der Waals surface area contributed by atoms with Gasteiger partial charge in [0.2, 0.25) is 0 Å². The third-order valence-electron chi connectivity index (χ3n) is 4.18. The van der Waals surface area contributed by atoms with Gasteiger partial charge >= 0.3 is 5.97 Å². The normalized spacial score (nSPS) is 13.4. The molecule has 2 aromatic carbocycles. The number of carbonyl (C=O) groups excluding carboxylic acids is 1. The van der Waals surface area contributed by atoms with E-state index in [1.54, 1.807) is 12.1 Å². The summed E-state index contributed by atoms with van der Waals surface area (Å²) >= 11 is 0. The van der Waals surface area contributed by atoms with Crippen molar-refractivity contribution in [2.45, 2.75) is 39.0 Å². The summed E-state index contributed by atoms with van der Waals surface area (Å²) in [5, 5.41) is 9.31. The second-order valence-corrected chi connectivity index (χ2v) is 5.80. The van der Waals surface area contributed by atoms with Crippen LogP contribution in [0.1, 0.15) is 50.2 Å². The Hall–Kier alpha value is -2.43. The Bertz CT molecular complexity index is 743. The van der Waals surface area contributed by atoms with E-state index in [1.807, 2.05) is 13.8 Å². The van der Waals surface area contributed by atoms with Gasteiger partial charge in [-0.2, -0.15) is 0 Å².